The van der Waals surface area contributed by atoms with Crippen LogP contribution in [0.4, 0.5) is 11.4 Å². The van der Waals surface area contributed by atoms with E-state index in [-0.39, 0.29) is 17.4 Å². The highest BCUT2D eigenvalue weighted by molar-refractivity contribution is 7.92. The highest BCUT2D eigenvalue weighted by atomic mass is 32.2. The summed E-state index contributed by atoms with van der Waals surface area (Å²) >= 11 is 0. The van der Waals surface area contributed by atoms with Crippen LogP contribution < -0.4 is 14.8 Å². The van der Waals surface area contributed by atoms with Crippen molar-refractivity contribution in [2.45, 2.75) is 4.90 Å². The number of amides is 1. The van der Waals surface area contributed by atoms with Gasteiger partial charge in [0.2, 0.25) is 0 Å². The smallest absolute Gasteiger partial charge is 0.262 e. The normalized spacial score (nSPS) is 11.1. The zero-order valence-corrected chi connectivity index (χ0v) is 17.2. The van der Waals surface area contributed by atoms with Gasteiger partial charge < -0.3 is 10.1 Å². The zero-order valence-electron chi connectivity index (χ0n) is 16.4. The molecule has 0 aliphatic rings. The van der Waals surface area contributed by atoms with Crippen molar-refractivity contribution >= 4 is 38.1 Å². The standard InChI is InChI=1S/C23H19N3O4S/c27-23(25-19-10-12-24-13-11-19)16-30-21-7-3-6-20(15-21)26-31(28,29)22-9-8-17-4-1-2-5-18(17)14-22/h1-15,26H,16H2,(H,24,25,27). The fourth-order valence-corrected chi connectivity index (χ4v) is 4.06. The number of anilines is 2. The summed E-state index contributed by atoms with van der Waals surface area (Å²) in [5.41, 5.74) is 0.945. The molecule has 0 saturated heterocycles. The molecule has 1 aromatic heterocycles. The molecule has 0 fully saturated rings. The second-order valence-electron chi connectivity index (χ2n) is 6.72. The molecule has 0 bridgehead atoms. The quantitative estimate of drug-likeness (QED) is 0.458. The predicted octanol–water partition coefficient (Wildman–Crippen LogP) is 4.05. The molecule has 156 valence electrons. The maximum atomic E-state index is 12.8. The van der Waals surface area contributed by atoms with Crippen LogP contribution in [0.1, 0.15) is 0 Å². The van der Waals surface area contributed by atoms with Crippen molar-refractivity contribution in [2.75, 3.05) is 16.6 Å². The number of hydrogen-bond donors (Lipinski definition) is 2. The summed E-state index contributed by atoms with van der Waals surface area (Å²) in [6.45, 7) is -0.219. The number of sulfonamides is 1. The Morgan fingerprint density at radius 3 is 2.42 bits per heavy atom. The van der Waals surface area contributed by atoms with E-state index in [2.05, 4.69) is 15.0 Å². The molecule has 0 atom stereocenters. The van der Waals surface area contributed by atoms with Gasteiger partial charge in [-0.3, -0.25) is 14.5 Å². The number of benzene rings is 3. The molecule has 4 aromatic rings. The third kappa shape index (κ3) is 5.18. The fourth-order valence-electron chi connectivity index (χ4n) is 2.98. The molecule has 1 heterocycles. The Hall–Kier alpha value is -3.91. The Bertz CT molecular complexity index is 1330. The van der Waals surface area contributed by atoms with Crippen LogP contribution in [0.25, 0.3) is 10.8 Å². The second kappa shape index (κ2) is 8.85. The van der Waals surface area contributed by atoms with E-state index in [1.54, 1.807) is 60.9 Å². The molecule has 0 spiro atoms. The van der Waals surface area contributed by atoms with Crippen molar-refractivity contribution in [3.05, 3.63) is 91.3 Å². The lowest BCUT2D eigenvalue weighted by Crippen LogP contribution is -2.20. The molecule has 8 heteroatoms. The molecule has 0 aliphatic carbocycles. The largest absolute Gasteiger partial charge is 0.484 e. The SMILES string of the molecule is O=C(COc1cccc(NS(=O)(=O)c2ccc3ccccc3c2)c1)Nc1ccncc1. The van der Waals surface area contributed by atoms with Crippen molar-refractivity contribution < 1.29 is 17.9 Å². The van der Waals surface area contributed by atoms with Gasteiger partial charge in [0, 0.05) is 24.1 Å². The van der Waals surface area contributed by atoms with E-state index in [4.69, 9.17) is 4.74 Å². The van der Waals surface area contributed by atoms with Crippen LogP contribution in [0.3, 0.4) is 0 Å². The van der Waals surface area contributed by atoms with Crippen LogP contribution in [0.15, 0.2) is 96.2 Å². The van der Waals surface area contributed by atoms with Crippen LogP contribution in [0.5, 0.6) is 5.75 Å². The summed E-state index contributed by atoms with van der Waals surface area (Å²) in [5, 5.41) is 4.48. The number of nitrogens with one attached hydrogen (secondary N) is 2. The lowest BCUT2D eigenvalue weighted by atomic mass is 10.1. The minimum Gasteiger partial charge on any atom is -0.484 e. The molecular weight excluding hydrogens is 414 g/mol. The van der Waals surface area contributed by atoms with Crippen molar-refractivity contribution in [2.24, 2.45) is 0 Å². The van der Waals surface area contributed by atoms with Gasteiger partial charge in [-0.25, -0.2) is 8.42 Å². The summed E-state index contributed by atoms with van der Waals surface area (Å²) in [6.07, 6.45) is 3.14. The van der Waals surface area contributed by atoms with Crippen LogP contribution in [-0.4, -0.2) is 25.9 Å². The molecule has 0 saturated carbocycles. The minimum absolute atomic E-state index is 0.161. The number of carbonyl (C=O) groups excluding carboxylic acids is 1. The van der Waals surface area contributed by atoms with E-state index in [1.807, 2.05) is 24.3 Å². The molecule has 3 aromatic carbocycles. The molecule has 0 radical (unpaired) electrons. The van der Waals surface area contributed by atoms with Gasteiger partial charge in [-0.1, -0.05) is 36.4 Å². The molecule has 4 rings (SSSR count). The highest BCUT2D eigenvalue weighted by Crippen LogP contribution is 2.23. The van der Waals surface area contributed by atoms with Gasteiger partial charge >= 0.3 is 0 Å². The summed E-state index contributed by atoms with van der Waals surface area (Å²) < 4.78 is 33.7. The summed E-state index contributed by atoms with van der Waals surface area (Å²) in [4.78, 5) is 16.1. The molecule has 31 heavy (non-hydrogen) atoms. The van der Waals surface area contributed by atoms with Gasteiger partial charge in [0.1, 0.15) is 5.75 Å². The van der Waals surface area contributed by atoms with E-state index in [0.717, 1.165) is 10.8 Å². The Morgan fingerprint density at radius 2 is 1.61 bits per heavy atom. The third-order valence-corrected chi connectivity index (χ3v) is 5.83. The topological polar surface area (TPSA) is 97.4 Å². The highest BCUT2D eigenvalue weighted by Gasteiger charge is 2.15. The van der Waals surface area contributed by atoms with Crippen LogP contribution in [0, 0.1) is 0 Å². The number of rotatable bonds is 7. The Kier molecular flexibility index (Phi) is 5.81. The Balaban J connectivity index is 1.43. The summed E-state index contributed by atoms with van der Waals surface area (Å²) in [6, 6.07) is 22.3. The predicted molar refractivity (Wildman–Crippen MR) is 120 cm³/mol. The summed E-state index contributed by atoms with van der Waals surface area (Å²) in [5.74, 6) is 0.0249. The van der Waals surface area contributed by atoms with Gasteiger partial charge in [0.15, 0.2) is 6.61 Å². The summed E-state index contributed by atoms with van der Waals surface area (Å²) in [7, 11) is -3.78. The number of ether oxygens (including phenoxy) is 1. The van der Waals surface area contributed by atoms with Gasteiger partial charge in [-0.15, -0.1) is 0 Å². The van der Waals surface area contributed by atoms with Crippen molar-refractivity contribution in [3.8, 4) is 5.75 Å². The van der Waals surface area contributed by atoms with Gasteiger partial charge in [-0.2, -0.15) is 0 Å². The average molecular weight is 433 g/mol. The van der Waals surface area contributed by atoms with E-state index in [0.29, 0.717) is 17.1 Å². The van der Waals surface area contributed by atoms with Crippen molar-refractivity contribution in [1.29, 1.82) is 0 Å². The number of pyridine rings is 1. The van der Waals surface area contributed by atoms with Gasteiger partial charge in [-0.05, 0) is 47.2 Å². The molecule has 0 aliphatic heterocycles. The van der Waals surface area contributed by atoms with E-state index < -0.39 is 10.0 Å². The monoisotopic (exact) mass is 433 g/mol. The fraction of sp³-hybridized carbons (Fsp3) is 0.0435. The van der Waals surface area contributed by atoms with Crippen molar-refractivity contribution in [1.82, 2.24) is 4.98 Å². The number of fused-ring (bicyclic) bond motifs is 1. The first-order valence-corrected chi connectivity index (χ1v) is 10.9. The molecule has 1 amide bonds. The molecule has 2 N–H and O–H groups in total. The first-order chi connectivity index (χ1) is 15.0. The van der Waals surface area contributed by atoms with Gasteiger partial charge in [0.05, 0.1) is 10.6 Å². The molecule has 0 unspecified atom stereocenters. The second-order valence-corrected chi connectivity index (χ2v) is 8.40. The lowest BCUT2D eigenvalue weighted by molar-refractivity contribution is -0.118. The van der Waals surface area contributed by atoms with E-state index >= 15 is 0 Å². The first kappa shape index (κ1) is 20.4. The number of nitrogens with zero attached hydrogens (tertiary/aromatic N) is 1. The zero-order chi connectivity index (χ0) is 21.7. The van der Waals surface area contributed by atoms with Crippen molar-refractivity contribution in [3.63, 3.8) is 0 Å². The van der Waals surface area contributed by atoms with Gasteiger partial charge in [0.25, 0.3) is 15.9 Å². The molecule has 7 nitrogen and oxygen atoms in total. The maximum Gasteiger partial charge on any atom is 0.262 e. The Labute approximate surface area is 179 Å². The van der Waals surface area contributed by atoms with Crippen LogP contribution in [0.2, 0.25) is 0 Å². The van der Waals surface area contributed by atoms with Crippen LogP contribution >= 0.6 is 0 Å². The van der Waals surface area contributed by atoms with E-state index in [1.165, 1.54) is 6.07 Å². The number of aromatic nitrogens is 1. The number of hydrogen-bond acceptors (Lipinski definition) is 5. The minimum atomic E-state index is -3.78. The average Bonchev–Trinajstić information content (AvgIpc) is 2.78. The molecular formula is C23H19N3O4S. The maximum absolute atomic E-state index is 12.8. The first-order valence-electron chi connectivity index (χ1n) is 9.44. The Morgan fingerprint density at radius 1 is 0.839 bits per heavy atom. The lowest BCUT2D eigenvalue weighted by Gasteiger charge is -2.11. The van der Waals surface area contributed by atoms with Crippen LogP contribution in [-0.2, 0) is 14.8 Å². The van der Waals surface area contributed by atoms with E-state index in [9.17, 15) is 13.2 Å². The third-order valence-electron chi connectivity index (χ3n) is 4.45. The number of carbonyl (C=O) groups is 1.